The van der Waals surface area contributed by atoms with E-state index in [4.69, 9.17) is 42.1 Å². The molecule has 10 heteroatoms. The number of amides is 1. The summed E-state index contributed by atoms with van der Waals surface area (Å²) < 4.78 is 23.1. The molecule has 3 aromatic carbocycles. The standard InChI is InChI=1S/C35H40Cl2N2O6/c1-42-29-18-24(19-30(43-2)32(29)44-3)33(41)39-16-17-45-35(22-39,25-8-9-27(36)28(37)21-25)12-15-38-13-10-34(11-14-38)26-7-5-4-6-23(26)20-31(34)40/h4-9,18-19,21,31,40H,10-17,20,22H2,1-3H3/t31-,35-/m0/s1. The quantitative estimate of drug-likeness (QED) is 0.332. The third-order valence-corrected chi connectivity index (χ3v) is 10.8. The number of carbonyl (C=O) groups excluding carboxylic acids is 1. The van der Waals surface area contributed by atoms with Crippen molar-refractivity contribution in [2.45, 2.75) is 42.8 Å². The molecule has 2 saturated heterocycles. The van der Waals surface area contributed by atoms with Crippen molar-refractivity contribution < 1.29 is 28.8 Å². The fourth-order valence-corrected chi connectivity index (χ4v) is 7.78. The summed E-state index contributed by atoms with van der Waals surface area (Å²) in [5, 5.41) is 12.0. The molecule has 0 aromatic heterocycles. The minimum atomic E-state index is -0.794. The number of likely N-dealkylation sites (tertiary alicyclic amines) is 1. The van der Waals surface area contributed by atoms with Gasteiger partial charge in [0.05, 0.1) is 50.6 Å². The second kappa shape index (κ2) is 13.0. The lowest BCUT2D eigenvalue weighted by Crippen LogP contribution is -2.54. The molecule has 6 rings (SSSR count). The molecule has 1 N–H and O–H groups in total. The first kappa shape index (κ1) is 32.0. The molecule has 240 valence electrons. The van der Waals surface area contributed by atoms with Gasteiger partial charge in [-0.2, -0.15) is 0 Å². The number of hydrogen-bond donors (Lipinski definition) is 1. The number of aliphatic hydroxyl groups excluding tert-OH is 1. The molecular formula is C35H40Cl2N2O6. The van der Waals surface area contributed by atoms with E-state index >= 15 is 0 Å². The van der Waals surface area contributed by atoms with Crippen LogP contribution in [0.25, 0.3) is 0 Å². The molecule has 3 aromatic rings. The third-order valence-electron chi connectivity index (χ3n) is 10.0. The first-order valence-corrected chi connectivity index (χ1v) is 16.2. The van der Waals surface area contributed by atoms with Crippen LogP contribution in [-0.2, 0) is 22.2 Å². The van der Waals surface area contributed by atoms with Crippen LogP contribution in [0.5, 0.6) is 17.2 Å². The van der Waals surface area contributed by atoms with Gasteiger partial charge in [-0.1, -0.05) is 53.5 Å². The van der Waals surface area contributed by atoms with Crippen LogP contribution < -0.4 is 14.2 Å². The highest BCUT2D eigenvalue weighted by atomic mass is 35.5. The van der Waals surface area contributed by atoms with Crippen LogP contribution in [0.1, 0.15) is 46.3 Å². The second-order valence-corrected chi connectivity index (χ2v) is 13.1. The van der Waals surface area contributed by atoms with Crippen LogP contribution >= 0.6 is 23.2 Å². The fourth-order valence-electron chi connectivity index (χ4n) is 7.48. The third kappa shape index (κ3) is 5.87. The fraction of sp³-hybridized carbons (Fsp3) is 0.457. The number of piperidine rings is 1. The zero-order chi connectivity index (χ0) is 31.8. The Balaban J connectivity index is 1.23. The number of rotatable bonds is 8. The number of morpholine rings is 1. The van der Waals surface area contributed by atoms with Crippen LogP contribution in [0.4, 0.5) is 0 Å². The summed E-state index contributed by atoms with van der Waals surface area (Å²) in [5.74, 6) is 1.11. The summed E-state index contributed by atoms with van der Waals surface area (Å²) in [5.41, 5.74) is 2.92. The topological polar surface area (TPSA) is 80.7 Å². The molecule has 2 aliphatic heterocycles. The Morgan fingerprint density at radius 2 is 1.67 bits per heavy atom. The van der Waals surface area contributed by atoms with Crippen molar-refractivity contribution in [3.05, 3.63) is 86.9 Å². The van der Waals surface area contributed by atoms with E-state index in [9.17, 15) is 9.90 Å². The average Bonchev–Trinajstić information content (AvgIpc) is 3.34. The van der Waals surface area contributed by atoms with E-state index in [1.165, 1.54) is 32.5 Å². The number of benzene rings is 3. The maximum absolute atomic E-state index is 14.0. The lowest BCUT2D eigenvalue weighted by molar-refractivity contribution is -0.114. The Morgan fingerprint density at radius 1 is 0.956 bits per heavy atom. The molecule has 3 aliphatic rings. The van der Waals surface area contributed by atoms with Crippen molar-refractivity contribution in [1.82, 2.24) is 9.80 Å². The van der Waals surface area contributed by atoms with E-state index < -0.39 is 5.60 Å². The van der Waals surface area contributed by atoms with Crippen LogP contribution in [0.15, 0.2) is 54.6 Å². The normalized spacial score (nSPS) is 22.7. The van der Waals surface area contributed by atoms with Crippen molar-refractivity contribution >= 4 is 29.1 Å². The van der Waals surface area contributed by atoms with Crippen LogP contribution in [0, 0.1) is 0 Å². The van der Waals surface area contributed by atoms with Gasteiger partial charge in [-0.15, -0.1) is 0 Å². The van der Waals surface area contributed by atoms with Crippen molar-refractivity contribution in [1.29, 1.82) is 0 Å². The smallest absolute Gasteiger partial charge is 0.254 e. The number of carbonyl (C=O) groups is 1. The molecule has 2 atom stereocenters. The van der Waals surface area contributed by atoms with Crippen LogP contribution in [0.2, 0.25) is 10.0 Å². The van der Waals surface area contributed by atoms with Gasteiger partial charge in [0.2, 0.25) is 5.75 Å². The molecule has 2 fully saturated rings. The van der Waals surface area contributed by atoms with Gasteiger partial charge in [-0.05, 0) is 79.7 Å². The highest BCUT2D eigenvalue weighted by Crippen LogP contribution is 2.47. The van der Waals surface area contributed by atoms with E-state index in [1.807, 2.05) is 17.0 Å². The SMILES string of the molecule is COc1cc(C(=O)N2CCO[C@](CCN3CCC4(CC3)c3ccccc3C[C@@H]4O)(c3ccc(Cl)c(Cl)c3)C2)cc(OC)c1OC. The van der Waals surface area contributed by atoms with Crippen molar-refractivity contribution in [2.24, 2.45) is 0 Å². The first-order valence-electron chi connectivity index (χ1n) is 15.4. The predicted octanol–water partition coefficient (Wildman–Crippen LogP) is 5.73. The summed E-state index contributed by atoms with van der Waals surface area (Å²) in [4.78, 5) is 18.3. The lowest BCUT2D eigenvalue weighted by atomic mass is 9.72. The minimum absolute atomic E-state index is 0.157. The minimum Gasteiger partial charge on any atom is -0.493 e. The van der Waals surface area contributed by atoms with Gasteiger partial charge in [-0.25, -0.2) is 0 Å². The largest absolute Gasteiger partial charge is 0.493 e. The van der Waals surface area contributed by atoms with Gasteiger partial charge in [0.15, 0.2) is 11.5 Å². The lowest BCUT2D eigenvalue weighted by Gasteiger charge is -2.46. The molecule has 0 bridgehead atoms. The monoisotopic (exact) mass is 654 g/mol. The molecule has 0 saturated carbocycles. The number of fused-ring (bicyclic) bond motifs is 2. The molecule has 1 aliphatic carbocycles. The number of nitrogens with zero attached hydrogens (tertiary/aromatic N) is 2. The number of methoxy groups -OCH3 is 3. The van der Waals surface area contributed by atoms with Crippen molar-refractivity contribution in [3.63, 3.8) is 0 Å². The maximum atomic E-state index is 14.0. The number of aliphatic hydroxyl groups is 1. The Kier molecular flexibility index (Phi) is 9.24. The van der Waals surface area contributed by atoms with Crippen LogP contribution in [-0.4, -0.2) is 87.6 Å². The van der Waals surface area contributed by atoms with Gasteiger partial charge >= 0.3 is 0 Å². The summed E-state index contributed by atoms with van der Waals surface area (Å²) in [7, 11) is 4.60. The number of ether oxygens (including phenoxy) is 4. The molecule has 45 heavy (non-hydrogen) atoms. The maximum Gasteiger partial charge on any atom is 0.254 e. The van der Waals surface area contributed by atoms with Gasteiger partial charge < -0.3 is 33.9 Å². The highest BCUT2D eigenvalue weighted by Gasteiger charge is 2.48. The van der Waals surface area contributed by atoms with E-state index in [2.05, 4.69) is 29.2 Å². The first-order chi connectivity index (χ1) is 21.7. The van der Waals surface area contributed by atoms with Gasteiger partial charge in [0.25, 0.3) is 5.91 Å². The molecule has 2 heterocycles. The Labute approximate surface area is 274 Å². The molecule has 1 amide bonds. The summed E-state index contributed by atoms with van der Waals surface area (Å²) in [6.45, 7) is 3.64. The van der Waals surface area contributed by atoms with Crippen LogP contribution in [0.3, 0.4) is 0 Å². The predicted molar refractivity (Wildman–Crippen MR) is 174 cm³/mol. The number of halogens is 2. The van der Waals surface area contributed by atoms with Crippen molar-refractivity contribution in [2.75, 3.05) is 60.7 Å². The van der Waals surface area contributed by atoms with E-state index in [0.717, 1.165) is 44.5 Å². The molecule has 0 radical (unpaired) electrons. The second-order valence-electron chi connectivity index (χ2n) is 12.2. The summed E-state index contributed by atoms with van der Waals surface area (Å²) in [6, 6.07) is 17.4. The molecule has 8 nitrogen and oxygen atoms in total. The Morgan fingerprint density at radius 3 is 2.33 bits per heavy atom. The van der Waals surface area contributed by atoms with Gasteiger partial charge in [0, 0.05) is 24.1 Å². The summed E-state index contributed by atoms with van der Waals surface area (Å²) in [6.07, 6.45) is 2.82. The molecular weight excluding hydrogens is 615 g/mol. The Bertz CT molecular complexity index is 1530. The van der Waals surface area contributed by atoms with Crippen molar-refractivity contribution in [3.8, 4) is 17.2 Å². The Hall–Kier alpha value is -3.01. The average molecular weight is 656 g/mol. The molecule has 1 spiro atoms. The van der Waals surface area contributed by atoms with E-state index in [0.29, 0.717) is 59.0 Å². The zero-order valence-electron chi connectivity index (χ0n) is 26.0. The summed E-state index contributed by atoms with van der Waals surface area (Å²) >= 11 is 12.8. The van der Waals surface area contributed by atoms with Gasteiger partial charge in [-0.3, -0.25) is 4.79 Å². The highest BCUT2D eigenvalue weighted by molar-refractivity contribution is 6.42. The van der Waals surface area contributed by atoms with E-state index in [1.54, 1.807) is 18.2 Å². The molecule has 0 unspecified atom stereocenters. The zero-order valence-corrected chi connectivity index (χ0v) is 27.5. The van der Waals surface area contributed by atoms with Gasteiger partial charge in [0.1, 0.15) is 5.60 Å². The number of hydrogen-bond acceptors (Lipinski definition) is 7. The van der Waals surface area contributed by atoms with E-state index in [-0.39, 0.29) is 17.4 Å².